The lowest BCUT2D eigenvalue weighted by atomic mass is 10.1. The maximum Gasteiger partial charge on any atom is 0.323 e. The molecule has 0 spiro atoms. The van der Waals surface area contributed by atoms with Crippen molar-refractivity contribution in [3.05, 3.63) is 78.2 Å². The van der Waals surface area contributed by atoms with Crippen molar-refractivity contribution < 1.29 is 4.79 Å². The first-order valence-electron chi connectivity index (χ1n) is 7.91. The number of urea groups is 1. The second-order valence-electron chi connectivity index (χ2n) is 5.62. The Bertz CT molecular complexity index is 1060. The number of benzene rings is 2. The fourth-order valence-corrected chi connectivity index (χ4v) is 2.78. The fraction of sp³-hybridized carbons (Fsp3) is 0. The largest absolute Gasteiger partial charge is 0.323 e. The summed E-state index contributed by atoms with van der Waals surface area (Å²) in [6.07, 6.45) is 5.48. The van der Waals surface area contributed by atoms with Crippen molar-refractivity contribution >= 4 is 34.8 Å². The van der Waals surface area contributed by atoms with Crippen LogP contribution in [0.2, 0.25) is 5.02 Å². The standard InChI is InChI=1S/C19H14ClN5O/c20-14-5-2-7-16(11-14)23-19(26)22-15-6-1-4-13(10-15)17-12-25-9-3-8-21-18(25)24-17/h1-12H,(H2,22,23,26). The summed E-state index contributed by atoms with van der Waals surface area (Å²) in [6, 6.07) is 15.9. The molecule has 4 aromatic rings. The first-order chi connectivity index (χ1) is 12.7. The molecule has 0 aliphatic rings. The van der Waals surface area contributed by atoms with E-state index >= 15 is 0 Å². The highest BCUT2D eigenvalue weighted by Gasteiger charge is 2.07. The molecule has 0 bridgehead atoms. The molecular weight excluding hydrogens is 350 g/mol. The Morgan fingerprint density at radius 3 is 2.54 bits per heavy atom. The summed E-state index contributed by atoms with van der Waals surface area (Å²) in [4.78, 5) is 20.9. The van der Waals surface area contributed by atoms with Gasteiger partial charge in [-0.25, -0.2) is 14.8 Å². The minimum absolute atomic E-state index is 0.346. The molecule has 7 heteroatoms. The van der Waals surface area contributed by atoms with Crippen molar-refractivity contribution in [3.8, 4) is 11.3 Å². The highest BCUT2D eigenvalue weighted by molar-refractivity contribution is 6.30. The van der Waals surface area contributed by atoms with E-state index in [0.29, 0.717) is 22.2 Å². The molecule has 0 aliphatic carbocycles. The SMILES string of the molecule is O=C(Nc1cccc(Cl)c1)Nc1cccc(-c2cn3cccnc3n2)c1. The highest BCUT2D eigenvalue weighted by atomic mass is 35.5. The van der Waals surface area contributed by atoms with Crippen LogP contribution in [-0.2, 0) is 0 Å². The molecule has 2 N–H and O–H groups in total. The Morgan fingerprint density at radius 2 is 1.77 bits per heavy atom. The molecule has 2 aromatic heterocycles. The van der Waals surface area contributed by atoms with Crippen LogP contribution < -0.4 is 10.6 Å². The predicted molar refractivity (Wildman–Crippen MR) is 103 cm³/mol. The first-order valence-corrected chi connectivity index (χ1v) is 8.29. The van der Waals surface area contributed by atoms with E-state index in [-0.39, 0.29) is 6.03 Å². The number of carbonyl (C=O) groups excluding carboxylic acids is 1. The summed E-state index contributed by atoms with van der Waals surface area (Å²) in [5.74, 6) is 0.625. The van der Waals surface area contributed by atoms with Crippen LogP contribution in [0.15, 0.2) is 73.2 Å². The zero-order valence-electron chi connectivity index (χ0n) is 13.6. The number of aromatic nitrogens is 3. The third-order valence-electron chi connectivity index (χ3n) is 3.73. The van der Waals surface area contributed by atoms with E-state index in [4.69, 9.17) is 11.6 Å². The van der Waals surface area contributed by atoms with Crippen LogP contribution >= 0.6 is 11.6 Å². The van der Waals surface area contributed by atoms with E-state index in [1.54, 1.807) is 30.5 Å². The van der Waals surface area contributed by atoms with Gasteiger partial charge in [0.15, 0.2) is 0 Å². The zero-order chi connectivity index (χ0) is 17.9. The Morgan fingerprint density at radius 1 is 1.00 bits per heavy atom. The highest BCUT2D eigenvalue weighted by Crippen LogP contribution is 2.22. The molecule has 0 fully saturated rings. The summed E-state index contributed by atoms with van der Waals surface area (Å²) in [7, 11) is 0. The molecule has 0 radical (unpaired) electrons. The maximum absolute atomic E-state index is 12.2. The Hall–Kier alpha value is -3.38. The maximum atomic E-state index is 12.2. The average Bonchev–Trinajstić information content (AvgIpc) is 3.06. The van der Waals surface area contributed by atoms with Gasteiger partial charge in [-0.15, -0.1) is 0 Å². The van der Waals surface area contributed by atoms with E-state index in [2.05, 4.69) is 20.6 Å². The van der Waals surface area contributed by atoms with Crippen LogP contribution in [-0.4, -0.2) is 20.4 Å². The second kappa shape index (κ2) is 6.85. The smallest absolute Gasteiger partial charge is 0.308 e. The van der Waals surface area contributed by atoms with Crippen LogP contribution in [0.25, 0.3) is 17.0 Å². The molecule has 2 amide bonds. The van der Waals surface area contributed by atoms with E-state index in [9.17, 15) is 4.79 Å². The molecule has 0 saturated heterocycles. The Kier molecular flexibility index (Phi) is 4.25. The summed E-state index contributed by atoms with van der Waals surface area (Å²) in [5, 5.41) is 6.12. The average molecular weight is 364 g/mol. The van der Waals surface area contributed by atoms with Gasteiger partial charge in [0.1, 0.15) is 0 Å². The van der Waals surface area contributed by atoms with Crippen LogP contribution in [0.4, 0.5) is 16.2 Å². The van der Waals surface area contributed by atoms with Crippen LogP contribution in [0, 0.1) is 0 Å². The molecule has 128 valence electrons. The van der Waals surface area contributed by atoms with Gasteiger partial charge in [-0.05, 0) is 36.4 Å². The van der Waals surface area contributed by atoms with E-state index in [1.165, 1.54) is 0 Å². The number of hydrogen-bond donors (Lipinski definition) is 2. The van der Waals surface area contributed by atoms with Crippen molar-refractivity contribution in [2.75, 3.05) is 10.6 Å². The molecule has 6 nitrogen and oxygen atoms in total. The molecule has 0 unspecified atom stereocenters. The van der Waals surface area contributed by atoms with Gasteiger partial charge in [0, 0.05) is 40.6 Å². The van der Waals surface area contributed by atoms with Crippen LogP contribution in [0.1, 0.15) is 0 Å². The fourth-order valence-electron chi connectivity index (χ4n) is 2.58. The molecule has 0 atom stereocenters. The predicted octanol–water partition coefficient (Wildman–Crippen LogP) is 4.69. The summed E-state index contributed by atoms with van der Waals surface area (Å²) in [5.41, 5.74) is 2.95. The molecule has 4 rings (SSSR count). The minimum Gasteiger partial charge on any atom is -0.308 e. The van der Waals surface area contributed by atoms with Gasteiger partial charge in [-0.1, -0.05) is 29.8 Å². The number of halogens is 1. The number of amides is 2. The van der Waals surface area contributed by atoms with Crippen molar-refractivity contribution in [2.24, 2.45) is 0 Å². The number of anilines is 2. The Balaban J connectivity index is 1.53. The van der Waals surface area contributed by atoms with E-state index in [1.807, 2.05) is 47.1 Å². The van der Waals surface area contributed by atoms with Gasteiger partial charge in [-0.2, -0.15) is 0 Å². The van der Waals surface area contributed by atoms with Crippen LogP contribution in [0.5, 0.6) is 0 Å². The number of carbonyl (C=O) groups is 1. The third-order valence-corrected chi connectivity index (χ3v) is 3.97. The van der Waals surface area contributed by atoms with Crippen molar-refractivity contribution in [3.63, 3.8) is 0 Å². The third kappa shape index (κ3) is 3.50. The van der Waals surface area contributed by atoms with Gasteiger partial charge in [-0.3, -0.25) is 4.40 Å². The number of rotatable bonds is 3. The molecule has 0 aliphatic heterocycles. The number of hydrogen-bond acceptors (Lipinski definition) is 3. The minimum atomic E-state index is -0.346. The lowest BCUT2D eigenvalue weighted by Crippen LogP contribution is -2.19. The number of imidazole rings is 1. The quantitative estimate of drug-likeness (QED) is 0.554. The van der Waals surface area contributed by atoms with Gasteiger partial charge in [0.25, 0.3) is 0 Å². The van der Waals surface area contributed by atoms with Crippen LogP contribution in [0.3, 0.4) is 0 Å². The number of fused-ring (bicyclic) bond motifs is 1. The lowest BCUT2D eigenvalue weighted by molar-refractivity contribution is 0.262. The Labute approximate surface area is 154 Å². The first kappa shape index (κ1) is 16.1. The normalized spacial score (nSPS) is 10.7. The molecule has 0 saturated carbocycles. The second-order valence-corrected chi connectivity index (χ2v) is 6.06. The van der Waals surface area contributed by atoms with Gasteiger partial charge >= 0.3 is 6.03 Å². The zero-order valence-corrected chi connectivity index (χ0v) is 14.3. The monoisotopic (exact) mass is 363 g/mol. The molecular formula is C19H14ClN5O. The topological polar surface area (TPSA) is 71.3 Å². The van der Waals surface area contributed by atoms with E-state index < -0.39 is 0 Å². The van der Waals surface area contributed by atoms with Crippen molar-refractivity contribution in [2.45, 2.75) is 0 Å². The lowest BCUT2D eigenvalue weighted by Gasteiger charge is -2.08. The summed E-state index contributed by atoms with van der Waals surface area (Å²) in [6.45, 7) is 0. The number of nitrogens with one attached hydrogen (secondary N) is 2. The number of nitrogens with zero attached hydrogens (tertiary/aromatic N) is 3. The van der Waals surface area contributed by atoms with Gasteiger partial charge in [0.05, 0.1) is 5.69 Å². The summed E-state index contributed by atoms with van der Waals surface area (Å²) >= 11 is 5.92. The van der Waals surface area contributed by atoms with Gasteiger partial charge < -0.3 is 10.6 Å². The van der Waals surface area contributed by atoms with Crippen molar-refractivity contribution in [1.29, 1.82) is 0 Å². The van der Waals surface area contributed by atoms with E-state index in [0.717, 1.165) is 11.3 Å². The van der Waals surface area contributed by atoms with Gasteiger partial charge in [0.2, 0.25) is 5.78 Å². The molecule has 26 heavy (non-hydrogen) atoms. The van der Waals surface area contributed by atoms with Crippen molar-refractivity contribution in [1.82, 2.24) is 14.4 Å². The molecule has 2 aromatic carbocycles. The molecule has 2 heterocycles. The summed E-state index contributed by atoms with van der Waals surface area (Å²) < 4.78 is 1.85.